The van der Waals surface area contributed by atoms with Crippen LogP contribution in [0, 0.1) is 0 Å². The molecule has 1 aromatic carbocycles. The molecule has 0 aliphatic rings. The van der Waals surface area contributed by atoms with E-state index in [2.05, 4.69) is 36.6 Å². The highest BCUT2D eigenvalue weighted by Gasteiger charge is 2.11. The summed E-state index contributed by atoms with van der Waals surface area (Å²) in [4.78, 5) is 11.9. The van der Waals surface area contributed by atoms with Crippen LogP contribution in [0.15, 0.2) is 24.3 Å². The summed E-state index contributed by atoms with van der Waals surface area (Å²) in [7, 11) is 0. The van der Waals surface area contributed by atoms with Crippen LogP contribution in [0.25, 0.3) is 0 Å². The molecule has 0 saturated carbocycles. The van der Waals surface area contributed by atoms with Crippen LogP contribution in [0.2, 0.25) is 0 Å². The summed E-state index contributed by atoms with van der Waals surface area (Å²) in [6.45, 7) is 6.96. The van der Waals surface area contributed by atoms with E-state index in [9.17, 15) is 4.79 Å². The lowest BCUT2D eigenvalue weighted by atomic mass is 10.1. The van der Waals surface area contributed by atoms with E-state index in [1.165, 1.54) is 18.4 Å². The zero-order chi connectivity index (χ0) is 14.1. The van der Waals surface area contributed by atoms with E-state index in [-0.39, 0.29) is 11.9 Å². The van der Waals surface area contributed by atoms with Gasteiger partial charge >= 0.3 is 0 Å². The Balaban J connectivity index is 2.35. The van der Waals surface area contributed by atoms with E-state index in [1.54, 1.807) is 0 Å². The number of hydrogen-bond donors (Lipinski definition) is 2. The third-order valence-corrected chi connectivity index (χ3v) is 3.22. The zero-order valence-electron chi connectivity index (χ0n) is 12.3. The number of nitrogens with one attached hydrogen (secondary N) is 2. The summed E-state index contributed by atoms with van der Waals surface area (Å²) >= 11 is 0. The lowest BCUT2D eigenvalue weighted by molar-refractivity contribution is -0.121. The maximum Gasteiger partial charge on any atom is 0.242 e. The van der Waals surface area contributed by atoms with Crippen LogP contribution in [-0.4, -0.2) is 18.5 Å². The third kappa shape index (κ3) is 5.77. The predicted molar refractivity (Wildman–Crippen MR) is 81.4 cm³/mol. The lowest BCUT2D eigenvalue weighted by Gasteiger charge is -2.15. The van der Waals surface area contributed by atoms with E-state index in [0.717, 1.165) is 25.1 Å². The molecule has 0 saturated heterocycles. The smallest absolute Gasteiger partial charge is 0.242 e. The van der Waals surface area contributed by atoms with Crippen molar-refractivity contribution in [3.05, 3.63) is 29.8 Å². The molecule has 0 aliphatic carbocycles. The zero-order valence-corrected chi connectivity index (χ0v) is 12.3. The standard InChI is InChI=1S/C16H26N2O/c1-4-6-7-12-17-16(19)13(3)18-15-10-8-14(5-2)9-11-15/h8-11,13,18H,4-7,12H2,1-3H3,(H,17,19). The average Bonchev–Trinajstić information content (AvgIpc) is 2.44. The molecule has 1 amide bonds. The third-order valence-electron chi connectivity index (χ3n) is 3.22. The number of unbranched alkanes of at least 4 members (excludes halogenated alkanes) is 2. The van der Waals surface area contributed by atoms with Crippen LogP contribution < -0.4 is 10.6 Å². The van der Waals surface area contributed by atoms with Gasteiger partial charge in [0.1, 0.15) is 6.04 Å². The minimum absolute atomic E-state index is 0.0654. The molecule has 3 nitrogen and oxygen atoms in total. The van der Waals surface area contributed by atoms with E-state index in [4.69, 9.17) is 0 Å². The van der Waals surface area contributed by atoms with E-state index >= 15 is 0 Å². The number of carbonyl (C=O) groups is 1. The van der Waals surface area contributed by atoms with E-state index < -0.39 is 0 Å². The molecule has 19 heavy (non-hydrogen) atoms. The van der Waals surface area contributed by atoms with Gasteiger partial charge in [0, 0.05) is 12.2 Å². The van der Waals surface area contributed by atoms with E-state index in [0.29, 0.717) is 0 Å². The van der Waals surface area contributed by atoms with Crippen molar-refractivity contribution < 1.29 is 4.79 Å². The molecular weight excluding hydrogens is 236 g/mol. The molecule has 1 rings (SSSR count). The van der Waals surface area contributed by atoms with Crippen LogP contribution in [0.4, 0.5) is 5.69 Å². The number of aryl methyl sites for hydroxylation is 1. The molecule has 1 atom stereocenters. The summed E-state index contributed by atoms with van der Waals surface area (Å²) in [5, 5.41) is 6.18. The molecule has 0 bridgehead atoms. The van der Waals surface area contributed by atoms with Crippen LogP contribution in [0.1, 0.15) is 45.6 Å². The first-order valence-corrected chi connectivity index (χ1v) is 7.30. The van der Waals surface area contributed by atoms with Crippen LogP contribution in [0.3, 0.4) is 0 Å². The molecule has 0 heterocycles. The van der Waals surface area contributed by atoms with Crippen molar-refractivity contribution in [2.75, 3.05) is 11.9 Å². The van der Waals surface area contributed by atoms with Gasteiger partial charge in [-0.05, 0) is 37.5 Å². The normalized spacial score (nSPS) is 11.9. The second-order valence-corrected chi connectivity index (χ2v) is 4.91. The highest BCUT2D eigenvalue weighted by Crippen LogP contribution is 2.11. The molecule has 106 valence electrons. The maximum atomic E-state index is 11.9. The fourth-order valence-electron chi connectivity index (χ4n) is 1.89. The van der Waals surface area contributed by atoms with Crippen LogP contribution >= 0.6 is 0 Å². The van der Waals surface area contributed by atoms with Gasteiger partial charge in [0.05, 0.1) is 0 Å². The quantitative estimate of drug-likeness (QED) is 0.705. The molecule has 0 aromatic heterocycles. The van der Waals surface area contributed by atoms with Gasteiger partial charge in [0.15, 0.2) is 0 Å². The van der Waals surface area contributed by atoms with Crippen molar-refractivity contribution in [2.45, 2.75) is 52.5 Å². The predicted octanol–water partition coefficient (Wildman–Crippen LogP) is 3.36. The SMILES string of the molecule is CCCCCNC(=O)C(C)Nc1ccc(CC)cc1. The van der Waals surface area contributed by atoms with Crippen molar-refractivity contribution in [1.82, 2.24) is 5.32 Å². The van der Waals surface area contributed by atoms with Gasteiger partial charge in [-0.15, -0.1) is 0 Å². The lowest BCUT2D eigenvalue weighted by Crippen LogP contribution is -2.38. The second-order valence-electron chi connectivity index (χ2n) is 4.91. The van der Waals surface area contributed by atoms with Crippen LogP contribution in [0.5, 0.6) is 0 Å². The monoisotopic (exact) mass is 262 g/mol. The van der Waals surface area contributed by atoms with Crippen molar-refractivity contribution in [1.29, 1.82) is 0 Å². The molecule has 0 radical (unpaired) electrons. The summed E-state index contributed by atoms with van der Waals surface area (Å²) < 4.78 is 0. The highest BCUT2D eigenvalue weighted by molar-refractivity contribution is 5.84. The van der Waals surface area contributed by atoms with E-state index in [1.807, 2.05) is 19.1 Å². The first-order valence-electron chi connectivity index (χ1n) is 7.30. The number of rotatable bonds is 8. The molecule has 0 spiro atoms. The fraction of sp³-hybridized carbons (Fsp3) is 0.562. The average molecular weight is 262 g/mol. The minimum atomic E-state index is -0.200. The Morgan fingerprint density at radius 1 is 1.16 bits per heavy atom. The number of amides is 1. The number of carbonyl (C=O) groups excluding carboxylic acids is 1. The number of hydrogen-bond acceptors (Lipinski definition) is 2. The molecule has 1 unspecified atom stereocenters. The Morgan fingerprint density at radius 3 is 2.42 bits per heavy atom. The topological polar surface area (TPSA) is 41.1 Å². The second kappa shape index (κ2) is 8.57. The number of benzene rings is 1. The highest BCUT2D eigenvalue weighted by atomic mass is 16.2. The van der Waals surface area contributed by atoms with Gasteiger partial charge in [-0.1, -0.05) is 38.8 Å². The van der Waals surface area contributed by atoms with Crippen LogP contribution in [-0.2, 0) is 11.2 Å². The summed E-state index contributed by atoms with van der Waals surface area (Å²) in [6.07, 6.45) is 4.43. The van der Waals surface area contributed by atoms with Gasteiger partial charge in [-0.3, -0.25) is 4.79 Å². The van der Waals surface area contributed by atoms with Crippen molar-refractivity contribution in [3.8, 4) is 0 Å². The van der Waals surface area contributed by atoms with Crippen molar-refractivity contribution in [3.63, 3.8) is 0 Å². The first kappa shape index (κ1) is 15.5. The number of anilines is 1. The Labute approximate surface area is 116 Å². The Bertz CT molecular complexity index is 373. The Morgan fingerprint density at radius 2 is 1.84 bits per heavy atom. The molecule has 0 aliphatic heterocycles. The summed E-state index contributed by atoms with van der Waals surface area (Å²) in [6, 6.07) is 8.04. The molecule has 0 fully saturated rings. The van der Waals surface area contributed by atoms with Gasteiger partial charge in [0.25, 0.3) is 0 Å². The molecule has 2 N–H and O–H groups in total. The Hall–Kier alpha value is -1.51. The van der Waals surface area contributed by atoms with Gasteiger partial charge in [0.2, 0.25) is 5.91 Å². The molecule has 1 aromatic rings. The van der Waals surface area contributed by atoms with Crippen molar-refractivity contribution >= 4 is 11.6 Å². The fourth-order valence-corrected chi connectivity index (χ4v) is 1.89. The molecule has 3 heteroatoms. The minimum Gasteiger partial charge on any atom is -0.374 e. The Kier molecular flexibility index (Phi) is 7.01. The summed E-state index contributed by atoms with van der Waals surface area (Å²) in [5.41, 5.74) is 2.30. The van der Waals surface area contributed by atoms with Gasteiger partial charge < -0.3 is 10.6 Å². The first-order chi connectivity index (χ1) is 9.17. The molecular formula is C16H26N2O. The van der Waals surface area contributed by atoms with Gasteiger partial charge in [-0.2, -0.15) is 0 Å². The van der Waals surface area contributed by atoms with Crippen molar-refractivity contribution in [2.24, 2.45) is 0 Å². The van der Waals surface area contributed by atoms with Gasteiger partial charge in [-0.25, -0.2) is 0 Å². The maximum absolute atomic E-state index is 11.9. The largest absolute Gasteiger partial charge is 0.374 e. The summed E-state index contributed by atoms with van der Waals surface area (Å²) in [5.74, 6) is 0.0654.